The van der Waals surface area contributed by atoms with Crippen LogP contribution >= 0.6 is 27.5 Å². The van der Waals surface area contributed by atoms with E-state index in [2.05, 4.69) is 42.0 Å². The van der Waals surface area contributed by atoms with Crippen molar-refractivity contribution in [3.8, 4) is 0 Å². The first-order valence-electron chi connectivity index (χ1n) is 5.45. The SMILES string of the molecule is CC(C)(C)CC(Cl)CNC(=O)c1ccc(Br)o1. The zero-order valence-corrected chi connectivity index (χ0v) is 12.6. The van der Waals surface area contributed by atoms with Gasteiger partial charge in [-0.25, -0.2) is 0 Å². The highest BCUT2D eigenvalue weighted by Gasteiger charge is 2.18. The van der Waals surface area contributed by atoms with E-state index < -0.39 is 0 Å². The van der Waals surface area contributed by atoms with Crippen LogP contribution in [0, 0.1) is 5.41 Å². The van der Waals surface area contributed by atoms with Crippen LogP contribution in [0.25, 0.3) is 0 Å². The van der Waals surface area contributed by atoms with Crippen molar-refractivity contribution in [1.82, 2.24) is 5.32 Å². The fourth-order valence-corrected chi connectivity index (χ4v) is 2.31. The molecule has 0 spiro atoms. The molecule has 0 radical (unpaired) electrons. The summed E-state index contributed by atoms with van der Waals surface area (Å²) in [6, 6.07) is 3.30. The molecule has 0 aliphatic rings. The smallest absolute Gasteiger partial charge is 0.287 e. The first kappa shape index (κ1) is 14.6. The third kappa shape index (κ3) is 5.59. The summed E-state index contributed by atoms with van der Waals surface area (Å²) in [5.41, 5.74) is 0.158. The Morgan fingerprint density at radius 1 is 1.53 bits per heavy atom. The van der Waals surface area contributed by atoms with Gasteiger partial charge in [-0.2, -0.15) is 0 Å². The minimum absolute atomic E-state index is 0.0719. The fraction of sp³-hybridized carbons (Fsp3) is 0.583. The number of carbonyl (C=O) groups is 1. The van der Waals surface area contributed by atoms with Crippen LogP contribution in [0.15, 0.2) is 21.2 Å². The summed E-state index contributed by atoms with van der Waals surface area (Å²) in [6.45, 7) is 6.80. The average molecular weight is 323 g/mol. The monoisotopic (exact) mass is 321 g/mol. The number of furan rings is 1. The first-order chi connectivity index (χ1) is 7.78. The molecule has 1 amide bonds. The number of carbonyl (C=O) groups excluding carboxylic acids is 1. The lowest BCUT2D eigenvalue weighted by Crippen LogP contribution is -2.31. The van der Waals surface area contributed by atoms with Gasteiger partial charge in [0.15, 0.2) is 10.4 Å². The molecular formula is C12H17BrClNO2. The van der Waals surface area contributed by atoms with Crippen molar-refractivity contribution in [3.63, 3.8) is 0 Å². The Hall–Kier alpha value is -0.480. The summed E-state index contributed by atoms with van der Waals surface area (Å²) < 4.78 is 5.68. The summed E-state index contributed by atoms with van der Waals surface area (Å²) in [7, 11) is 0. The Morgan fingerprint density at radius 3 is 2.65 bits per heavy atom. The van der Waals surface area contributed by atoms with Gasteiger partial charge in [0.2, 0.25) is 0 Å². The number of amides is 1. The summed E-state index contributed by atoms with van der Waals surface area (Å²) in [5, 5.41) is 2.68. The van der Waals surface area contributed by atoms with E-state index in [1.54, 1.807) is 12.1 Å². The summed E-state index contributed by atoms with van der Waals surface area (Å²) in [4.78, 5) is 11.6. The number of nitrogens with one attached hydrogen (secondary N) is 1. The highest BCUT2D eigenvalue weighted by atomic mass is 79.9. The van der Waals surface area contributed by atoms with E-state index >= 15 is 0 Å². The normalized spacial score (nSPS) is 13.5. The van der Waals surface area contributed by atoms with Gasteiger partial charge >= 0.3 is 0 Å². The minimum atomic E-state index is -0.241. The molecule has 0 saturated heterocycles. The molecule has 96 valence electrons. The molecule has 1 atom stereocenters. The Morgan fingerprint density at radius 2 is 2.18 bits per heavy atom. The molecule has 1 N–H and O–H groups in total. The molecular weight excluding hydrogens is 305 g/mol. The quantitative estimate of drug-likeness (QED) is 0.856. The Bertz CT molecular complexity index is 384. The largest absolute Gasteiger partial charge is 0.444 e. The number of alkyl halides is 1. The first-order valence-corrected chi connectivity index (χ1v) is 6.68. The van der Waals surface area contributed by atoms with Crippen LogP contribution < -0.4 is 5.32 Å². The predicted molar refractivity (Wildman–Crippen MR) is 72.5 cm³/mol. The minimum Gasteiger partial charge on any atom is -0.444 e. The van der Waals surface area contributed by atoms with Crippen LogP contribution in [0.3, 0.4) is 0 Å². The Labute approximate surface area is 115 Å². The van der Waals surface area contributed by atoms with Crippen molar-refractivity contribution in [3.05, 3.63) is 22.6 Å². The third-order valence-corrected chi connectivity index (χ3v) is 2.85. The van der Waals surface area contributed by atoms with Gasteiger partial charge in [-0.15, -0.1) is 11.6 Å². The molecule has 1 unspecified atom stereocenters. The number of halogens is 2. The van der Waals surface area contributed by atoms with Crippen molar-refractivity contribution in [1.29, 1.82) is 0 Å². The van der Waals surface area contributed by atoms with E-state index in [1.165, 1.54) is 0 Å². The van der Waals surface area contributed by atoms with E-state index in [4.69, 9.17) is 16.0 Å². The van der Waals surface area contributed by atoms with Crippen LogP contribution in [-0.4, -0.2) is 17.8 Å². The number of hydrogen-bond acceptors (Lipinski definition) is 2. The van der Waals surface area contributed by atoms with Crippen LogP contribution in [0.1, 0.15) is 37.7 Å². The van der Waals surface area contributed by atoms with Crippen molar-refractivity contribution >= 4 is 33.4 Å². The lowest BCUT2D eigenvalue weighted by atomic mass is 9.90. The molecule has 1 heterocycles. The fourth-order valence-electron chi connectivity index (χ4n) is 1.46. The van der Waals surface area contributed by atoms with E-state index in [0.717, 1.165) is 6.42 Å². The van der Waals surface area contributed by atoms with Crippen molar-refractivity contribution in [2.75, 3.05) is 6.54 Å². The van der Waals surface area contributed by atoms with Gasteiger partial charge in [-0.3, -0.25) is 4.79 Å². The molecule has 5 heteroatoms. The van der Waals surface area contributed by atoms with Crippen LogP contribution in [-0.2, 0) is 0 Å². The molecule has 17 heavy (non-hydrogen) atoms. The maximum atomic E-state index is 11.6. The molecule has 0 bridgehead atoms. The molecule has 1 aromatic rings. The van der Waals surface area contributed by atoms with Crippen LogP contribution in [0.4, 0.5) is 0 Å². The average Bonchev–Trinajstić information content (AvgIpc) is 2.58. The topological polar surface area (TPSA) is 42.2 Å². The molecule has 1 rings (SSSR count). The zero-order valence-electron chi connectivity index (χ0n) is 10.2. The number of rotatable bonds is 4. The van der Waals surface area contributed by atoms with E-state index in [-0.39, 0.29) is 22.5 Å². The van der Waals surface area contributed by atoms with Gasteiger partial charge in [0, 0.05) is 6.54 Å². The highest BCUT2D eigenvalue weighted by Crippen LogP contribution is 2.23. The van der Waals surface area contributed by atoms with Crippen molar-refractivity contribution < 1.29 is 9.21 Å². The number of hydrogen-bond donors (Lipinski definition) is 1. The van der Waals surface area contributed by atoms with E-state index in [1.807, 2.05) is 0 Å². The second-order valence-corrected chi connectivity index (χ2v) is 6.57. The van der Waals surface area contributed by atoms with Crippen LogP contribution in [0.5, 0.6) is 0 Å². The van der Waals surface area contributed by atoms with E-state index in [9.17, 15) is 4.79 Å². The molecule has 0 saturated carbocycles. The lowest BCUT2D eigenvalue weighted by Gasteiger charge is -2.21. The van der Waals surface area contributed by atoms with Gasteiger partial charge in [-0.05, 0) is 39.9 Å². The maximum Gasteiger partial charge on any atom is 0.287 e. The lowest BCUT2D eigenvalue weighted by molar-refractivity contribution is 0.0923. The molecule has 1 aromatic heterocycles. The predicted octanol–water partition coefficient (Wildman–Crippen LogP) is 3.82. The standard InChI is InChI=1S/C12H17BrClNO2/c1-12(2,3)6-8(14)7-15-11(16)9-4-5-10(13)17-9/h4-5,8H,6-7H2,1-3H3,(H,15,16). The summed E-state index contributed by atoms with van der Waals surface area (Å²) >= 11 is 9.30. The maximum absolute atomic E-state index is 11.6. The van der Waals surface area contributed by atoms with Crippen LogP contribution in [0.2, 0.25) is 0 Å². The second-order valence-electron chi connectivity index (χ2n) is 5.18. The van der Waals surface area contributed by atoms with Gasteiger partial charge in [-0.1, -0.05) is 20.8 Å². The Kier molecular flexibility index (Phi) is 5.07. The Balaban J connectivity index is 2.38. The molecule has 0 aromatic carbocycles. The van der Waals surface area contributed by atoms with Gasteiger partial charge in [0.05, 0.1) is 5.38 Å². The van der Waals surface area contributed by atoms with E-state index in [0.29, 0.717) is 11.2 Å². The third-order valence-electron chi connectivity index (χ3n) is 2.11. The van der Waals surface area contributed by atoms with Gasteiger partial charge < -0.3 is 9.73 Å². The van der Waals surface area contributed by atoms with Crippen molar-refractivity contribution in [2.24, 2.45) is 5.41 Å². The summed E-state index contributed by atoms with van der Waals surface area (Å²) in [5.74, 6) is 0.0479. The molecule has 0 aliphatic carbocycles. The molecule has 0 aliphatic heterocycles. The summed E-state index contributed by atoms with van der Waals surface area (Å²) in [6.07, 6.45) is 0.844. The van der Waals surface area contributed by atoms with Crippen molar-refractivity contribution in [2.45, 2.75) is 32.6 Å². The molecule has 3 nitrogen and oxygen atoms in total. The molecule has 0 fully saturated rings. The van der Waals surface area contributed by atoms with Gasteiger partial charge in [0.25, 0.3) is 5.91 Å². The van der Waals surface area contributed by atoms with Gasteiger partial charge in [0.1, 0.15) is 0 Å². The highest BCUT2D eigenvalue weighted by molar-refractivity contribution is 9.10. The zero-order chi connectivity index (χ0) is 13.1. The second kappa shape index (κ2) is 5.91.